The van der Waals surface area contributed by atoms with E-state index in [0.717, 1.165) is 13.0 Å². The summed E-state index contributed by atoms with van der Waals surface area (Å²) in [7, 11) is 0. The Balaban J connectivity index is 1.95. The van der Waals surface area contributed by atoms with E-state index in [0.29, 0.717) is 11.5 Å². The molecule has 0 bridgehead atoms. The van der Waals surface area contributed by atoms with Crippen molar-refractivity contribution < 1.29 is 9.84 Å². The zero-order valence-electron chi connectivity index (χ0n) is 17.0. The third-order valence-corrected chi connectivity index (χ3v) is 7.88. The molecule has 3 N–H and O–H groups in total. The van der Waals surface area contributed by atoms with Gasteiger partial charge in [-0.3, -0.25) is 0 Å². The second kappa shape index (κ2) is 9.87. The summed E-state index contributed by atoms with van der Waals surface area (Å²) in [6, 6.07) is 10.1. The number of aromatic amines is 1. The van der Waals surface area contributed by atoms with Crippen molar-refractivity contribution in [1.29, 1.82) is 0 Å². The molecule has 1 aromatic heterocycles. The first-order chi connectivity index (χ1) is 13.9. The Kier molecular flexibility index (Phi) is 7.49. The number of benzene rings is 1. The van der Waals surface area contributed by atoms with Gasteiger partial charge in [0, 0.05) is 0 Å². The standard InChI is InChI=1S/C21H29N3O4Se/c1-13(2)9-10-22-17-16(12-25)28-20(18(17)29-15-7-5-4-6-8-15)24-11-14(3)19(26)23-21(24)27/h4-8,11,13,16-18,20,22,25H,9-10,12H2,1-3H3,(H,23,26,27)/t16-,17-,18-,20-/m1/s1. The molecule has 0 saturated carbocycles. The number of nitrogens with one attached hydrogen (secondary N) is 2. The molecule has 2 heterocycles. The van der Waals surface area contributed by atoms with E-state index in [1.165, 1.54) is 9.03 Å². The average molecular weight is 466 g/mol. The molecule has 1 aromatic carbocycles. The maximum absolute atomic E-state index is 12.5. The molecule has 0 aliphatic carbocycles. The van der Waals surface area contributed by atoms with Gasteiger partial charge in [-0.05, 0) is 0 Å². The number of hydrogen-bond donors (Lipinski definition) is 3. The number of hydrogen-bond acceptors (Lipinski definition) is 5. The van der Waals surface area contributed by atoms with Crippen LogP contribution >= 0.6 is 0 Å². The zero-order chi connectivity index (χ0) is 21.0. The fourth-order valence-corrected chi connectivity index (χ4v) is 6.31. The van der Waals surface area contributed by atoms with Crippen LogP contribution in [0.3, 0.4) is 0 Å². The van der Waals surface area contributed by atoms with E-state index in [-0.39, 0.29) is 38.0 Å². The van der Waals surface area contributed by atoms with Gasteiger partial charge in [0.1, 0.15) is 0 Å². The van der Waals surface area contributed by atoms with Gasteiger partial charge in [-0.25, -0.2) is 0 Å². The molecule has 2 aromatic rings. The summed E-state index contributed by atoms with van der Waals surface area (Å²) in [5.41, 5.74) is -0.422. The average Bonchev–Trinajstić information content (AvgIpc) is 3.02. The number of ether oxygens (including phenoxy) is 1. The third kappa shape index (κ3) is 5.27. The second-order valence-corrected chi connectivity index (χ2v) is 10.4. The topological polar surface area (TPSA) is 96.3 Å². The van der Waals surface area contributed by atoms with Crippen LogP contribution in [-0.2, 0) is 4.74 Å². The van der Waals surface area contributed by atoms with Gasteiger partial charge in [-0.2, -0.15) is 0 Å². The van der Waals surface area contributed by atoms with Crippen molar-refractivity contribution in [2.45, 2.75) is 50.4 Å². The number of rotatable bonds is 8. The normalized spacial score (nSPS) is 24.3. The molecule has 1 aliphatic rings. The Morgan fingerprint density at radius 2 is 2.00 bits per heavy atom. The van der Waals surface area contributed by atoms with Gasteiger partial charge in [-0.1, -0.05) is 0 Å². The summed E-state index contributed by atoms with van der Waals surface area (Å²) < 4.78 is 8.84. The minimum absolute atomic E-state index is 0.00513. The summed E-state index contributed by atoms with van der Waals surface area (Å²) in [6.07, 6.45) is 1.61. The predicted octanol–water partition coefficient (Wildman–Crippen LogP) is 0.557. The first-order valence-electron chi connectivity index (χ1n) is 9.94. The number of aliphatic hydroxyl groups excluding tert-OH is 1. The molecule has 0 unspecified atom stereocenters. The van der Waals surface area contributed by atoms with E-state index in [4.69, 9.17) is 4.74 Å². The van der Waals surface area contributed by atoms with Crippen LogP contribution in [0, 0.1) is 12.8 Å². The Bertz CT molecular complexity index is 912. The molecule has 1 fully saturated rings. The predicted molar refractivity (Wildman–Crippen MR) is 114 cm³/mol. The van der Waals surface area contributed by atoms with E-state index < -0.39 is 18.0 Å². The van der Waals surface area contributed by atoms with Crippen LogP contribution in [0.15, 0.2) is 46.1 Å². The van der Waals surface area contributed by atoms with Crippen LogP contribution in [0.5, 0.6) is 0 Å². The van der Waals surface area contributed by atoms with Crippen LogP contribution in [0.4, 0.5) is 0 Å². The zero-order valence-corrected chi connectivity index (χ0v) is 18.7. The van der Waals surface area contributed by atoms with E-state index in [2.05, 4.69) is 36.3 Å². The number of H-pyrrole nitrogens is 1. The number of nitrogens with zero attached hydrogens (tertiary/aromatic N) is 1. The second-order valence-electron chi connectivity index (χ2n) is 7.78. The van der Waals surface area contributed by atoms with Gasteiger partial charge in [0.2, 0.25) is 0 Å². The molecule has 158 valence electrons. The van der Waals surface area contributed by atoms with E-state index >= 15 is 0 Å². The van der Waals surface area contributed by atoms with Gasteiger partial charge in [0.25, 0.3) is 0 Å². The Hall–Kier alpha value is -1.70. The molecule has 0 amide bonds. The van der Waals surface area contributed by atoms with E-state index in [1.54, 1.807) is 13.1 Å². The van der Waals surface area contributed by atoms with Crippen LogP contribution in [-0.4, -0.2) is 54.9 Å². The van der Waals surface area contributed by atoms with Crippen molar-refractivity contribution in [3.05, 3.63) is 62.9 Å². The molecule has 29 heavy (non-hydrogen) atoms. The molecule has 4 atom stereocenters. The van der Waals surface area contributed by atoms with Gasteiger partial charge in [0.15, 0.2) is 0 Å². The molecular formula is C21H29N3O4Se. The summed E-state index contributed by atoms with van der Waals surface area (Å²) >= 11 is -0.00513. The number of aryl methyl sites for hydroxylation is 1. The van der Waals surface area contributed by atoms with Crippen molar-refractivity contribution in [2.24, 2.45) is 5.92 Å². The molecule has 1 aliphatic heterocycles. The van der Waals surface area contributed by atoms with Gasteiger partial charge in [0.05, 0.1) is 0 Å². The SMILES string of the molecule is Cc1cn([C@@H]2O[C@H](CO)[C@@H](NCCC(C)C)[C@H]2[Se]c2ccccc2)c(=O)[nH]c1=O. The van der Waals surface area contributed by atoms with Gasteiger partial charge < -0.3 is 0 Å². The summed E-state index contributed by atoms with van der Waals surface area (Å²) in [6.45, 7) is 6.70. The first kappa shape index (κ1) is 22.0. The number of aliphatic hydroxyl groups is 1. The molecule has 7 nitrogen and oxygen atoms in total. The van der Waals surface area contributed by atoms with Crippen LogP contribution in [0.25, 0.3) is 0 Å². The van der Waals surface area contributed by atoms with Crippen LogP contribution in [0.2, 0.25) is 4.82 Å². The molecule has 0 spiro atoms. The summed E-state index contributed by atoms with van der Waals surface area (Å²) in [4.78, 5) is 26.7. The Morgan fingerprint density at radius 3 is 2.66 bits per heavy atom. The van der Waals surface area contributed by atoms with E-state index in [9.17, 15) is 14.7 Å². The third-order valence-electron chi connectivity index (χ3n) is 5.07. The van der Waals surface area contributed by atoms with Crippen molar-refractivity contribution in [3.8, 4) is 0 Å². The minimum atomic E-state index is -0.549. The molecule has 1 saturated heterocycles. The maximum atomic E-state index is 12.5. The molecule has 3 rings (SSSR count). The van der Waals surface area contributed by atoms with Crippen molar-refractivity contribution in [1.82, 2.24) is 14.9 Å². The van der Waals surface area contributed by atoms with E-state index in [1.807, 2.05) is 18.2 Å². The number of aromatic nitrogens is 2. The van der Waals surface area contributed by atoms with Crippen molar-refractivity contribution in [2.75, 3.05) is 13.2 Å². The fourth-order valence-electron chi connectivity index (χ4n) is 3.46. The summed E-state index contributed by atoms with van der Waals surface area (Å²) in [5, 5.41) is 13.5. The Morgan fingerprint density at radius 1 is 1.28 bits per heavy atom. The molecular weight excluding hydrogens is 437 g/mol. The summed E-state index contributed by atoms with van der Waals surface area (Å²) in [5.74, 6) is 0.566. The van der Waals surface area contributed by atoms with Crippen LogP contribution in [0.1, 0.15) is 32.1 Å². The monoisotopic (exact) mass is 467 g/mol. The van der Waals surface area contributed by atoms with Crippen molar-refractivity contribution in [3.63, 3.8) is 0 Å². The van der Waals surface area contributed by atoms with Crippen LogP contribution < -0.4 is 21.0 Å². The molecule has 8 heteroatoms. The quantitative estimate of drug-likeness (QED) is 0.494. The Labute approximate surface area is 176 Å². The fraction of sp³-hybridized carbons (Fsp3) is 0.524. The molecule has 0 radical (unpaired) electrons. The van der Waals surface area contributed by atoms with Crippen molar-refractivity contribution >= 4 is 19.4 Å². The first-order valence-corrected chi connectivity index (χ1v) is 11.8. The van der Waals surface area contributed by atoms with Gasteiger partial charge >= 0.3 is 177 Å². The van der Waals surface area contributed by atoms with Gasteiger partial charge in [-0.15, -0.1) is 0 Å².